The third kappa shape index (κ3) is 4.60. The van der Waals surface area contributed by atoms with E-state index in [1.54, 1.807) is 14.2 Å². The van der Waals surface area contributed by atoms with Crippen molar-refractivity contribution in [3.05, 3.63) is 106 Å². The van der Waals surface area contributed by atoms with Gasteiger partial charge in [-0.25, -0.2) is 0 Å². The topological polar surface area (TPSA) is 18.5 Å². The van der Waals surface area contributed by atoms with Crippen LogP contribution < -0.4 is 9.47 Å². The first kappa shape index (κ1) is 21.5. The summed E-state index contributed by atoms with van der Waals surface area (Å²) in [6.07, 6.45) is 8.64. The SMILES string of the molecule is COc1cc(/C=C/c2cccc3cccc(/C=C/c4ccc(C)c(OC)c4)c23)ccc1C. The molecule has 0 unspecified atom stereocenters. The fourth-order valence-corrected chi connectivity index (χ4v) is 3.93. The molecule has 0 aliphatic carbocycles. The largest absolute Gasteiger partial charge is 0.496 e. The van der Waals surface area contributed by atoms with Crippen LogP contribution in [0.2, 0.25) is 0 Å². The fourth-order valence-electron chi connectivity index (χ4n) is 3.93. The molecular weight excluding hydrogens is 392 g/mol. The smallest absolute Gasteiger partial charge is 0.122 e. The van der Waals surface area contributed by atoms with E-state index in [1.807, 2.05) is 0 Å². The normalized spacial score (nSPS) is 11.5. The van der Waals surface area contributed by atoms with Crippen molar-refractivity contribution in [1.29, 1.82) is 0 Å². The summed E-state index contributed by atoms with van der Waals surface area (Å²) in [4.78, 5) is 0. The van der Waals surface area contributed by atoms with Gasteiger partial charge in [0.15, 0.2) is 0 Å². The van der Waals surface area contributed by atoms with Crippen LogP contribution in [0.5, 0.6) is 11.5 Å². The number of benzene rings is 4. The first-order valence-electron chi connectivity index (χ1n) is 10.8. The molecule has 0 bridgehead atoms. The maximum atomic E-state index is 5.47. The highest BCUT2D eigenvalue weighted by molar-refractivity contribution is 5.99. The second-order valence-electron chi connectivity index (χ2n) is 7.92. The zero-order chi connectivity index (χ0) is 22.5. The summed E-state index contributed by atoms with van der Waals surface area (Å²) in [6, 6.07) is 25.4. The van der Waals surface area contributed by atoms with Crippen molar-refractivity contribution in [3.8, 4) is 11.5 Å². The van der Waals surface area contributed by atoms with Gasteiger partial charge in [-0.05, 0) is 70.1 Å². The lowest BCUT2D eigenvalue weighted by molar-refractivity contribution is 0.411. The minimum absolute atomic E-state index is 0.905. The summed E-state index contributed by atoms with van der Waals surface area (Å²) in [7, 11) is 3.42. The maximum absolute atomic E-state index is 5.47. The Bertz CT molecular complexity index is 1210. The molecule has 0 saturated heterocycles. The lowest BCUT2D eigenvalue weighted by atomic mass is 9.97. The third-order valence-electron chi connectivity index (χ3n) is 5.74. The van der Waals surface area contributed by atoms with Gasteiger partial charge in [0.1, 0.15) is 11.5 Å². The molecule has 160 valence electrons. The second-order valence-corrected chi connectivity index (χ2v) is 7.92. The first-order valence-corrected chi connectivity index (χ1v) is 10.8. The average Bonchev–Trinajstić information content (AvgIpc) is 2.82. The van der Waals surface area contributed by atoms with Gasteiger partial charge in [-0.1, -0.05) is 85.0 Å². The van der Waals surface area contributed by atoms with Gasteiger partial charge < -0.3 is 9.47 Å². The lowest BCUT2D eigenvalue weighted by Crippen LogP contribution is -1.88. The molecule has 0 atom stereocenters. The Morgan fingerprint density at radius 2 is 1.03 bits per heavy atom. The highest BCUT2D eigenvalue weighted by atomic mass is 16.5. The minimum Gasteiger partial charge on any atom is -0.496 e. The molecule has 2 heteroatoms. The van der Waals surface area contributed by atoms with Crippen molar-refractivity contribution in [2.45, 2.75) is 13.8 Å². The number of hydrogen-bond donors (Lipinski definition) is 0. The first-order chi connectivity index (χ1) is 15.6. The van der Waals surface area contributed by atoms with Crippen LogP contribution in [0.4, 0.5) is 0 Å². The fraction of sp³-hybridized carbons (Fsp3) is 0.133. The van der Waals surface area contributed by atoms with Gasteiger partial charge in [-0.2, -0.15) is 0 Å². The van der Waals surface area contributed by atoms with Crippen LogP contribution >= 0.6 is 0 Å². The number of ether oxygens (including phenoxy) is 2. The van der Waals surface area contributed by atoms with Crippen LogP contribution in [0.25, 0.3) is 35.1 Å². The monoisotopic (exact) mass is 420 g/mol. The van der Waals surface area contributed by atoms with E-state index in [2.05, 4.69) is 111 Å². The number of methoxy groups -OCH3 is 2. The molecular formula is C30H28O2. The van der Waals surface area contributed by atoms with Gasteiger partial charge in [0, 0.05) is 0 Å². The van der Waals surface area contributed by atoms with Gasteiger partial charge in [-0.3, -0.25) is 0 Å². The zero-order valence-electron chi connectivity index (χ0n) is 19.1. The van der Waals surface area contributed by atoms with Gasteiger partial charge in [0.2, 0.25) is 0 Å². The Hall–Kier alpha value is -3.78. The van der Waals surface area contributed by atoms with Gasteiger partial charge in [0.05, 0.1) is 14.2 Å². The molecule has 4 aromatic rings. The molecule has 0 saturated carbocycles. The maximum Gasteiger partial charge on any atom is 0.122 e. The van der Waals surface area contributed by atoms with E-state index in [1.165, 1.54) is 21.9 Å². The van der Waals surface area contributed by atoms with E-state index in [-0.39, 0.29) is 0 Å². The molecule has 0 amide bonds. The Morgan fingerprint density at radius 1 is 0.562 bits per heavy atom. The summed E-state index contributed by atoms with van der Waals surface area (Å²) in [5.74, 6) is 1.81. The summed E-state index contributed by atoms with van der Waals surface area (Å²) in [6.45, 7) is 4.11. The van der Waals surface area contributed by atoms with Crippen molar-refractivity contribution >= 4 is 35.1 Å². The highest BCUT2D eigenvalue weighted by Gasteiger charge is 2.04. The quantitative estimate of drug-likeness (QED) is 0.296. The minimum atomic E-state index is 0.905. The Balaban J connectivity index is 1.72. The van der Waals surface area contributed by atoms with Crippen LogP contribution in [0, 0.1) is 13.8 Å². The summed E-state index contributed by atoms with van der Waals surface area (Å²) < 4.78 is 10.9. The Labute approximate surface area is 190 Å². The lowest BCUT2D eigenvalue weighted by Gasteiger charge is -2.08. The molecule has 0 fully saturated rings. The molecule has 0 N–H and O–H groups in total. The van der Waals surface area contributed by atoms with Gasteiger partial charge >= 0.3 is 0 Å². The molecule has 0 spiro atoms. The number of rotatable bonds is 6. The van der Waals surface area contributed by atoms with Gasteiger partial charge in [-0.15, -0.1) is 0 Å². The molecule has 32 heavy (non-hydrogen) atoms. The standard InChI is InChI=1S/C30H28O2/c1-21-11-13-23(19-28(21)31-3)15-17-26-9-5-7-25-8-6-10-27(30(25)26)18-16-24-14-12-22(2)29(20-24)32-4/h5-20H,1-4H3/b17-15+,18-16+. The molecule has 0 aromatic heterocycles. The van der Waals surface area contributed by atoms with E-state index < -0.39 is 0 Å². The molecule has 0 radical (unpaired) electrons. The summed E-state index contributed by atoms with van der Waals surface area (Å²) in [5.41, 5.74) is 6.87. The Kier molecular flexibility index (Phi) is 6.42. The van der Waals surface area contributed by atoms with Crippen molar-refractivity contribution in [1.82, 2.24) is 0 Å². The van der Waals surface area contributed by atoms with Gasteiger partial charge in [0.25, 0.3) is 0 Å². The van der Waals surface area contributed by atoms with E-state index in [4.69, 9.17) is 9.47 Å². The molecule has 4 rings (SSSR count). The van der Waals surface area contributed by atoms with E-state index >= 15 is 0 Å². The molecule has 0 aliphatic rings. The van der Waals surface area contributed by atoms with E-state index in [0.29, 0.717) is 0 Å². The van der Waals surface area contributed by atoms with Crippen LogP contribution in [0.1, 0.15) is 33.4 Å². The van der Waals surface area contributed by atoms with Crippen molar-refractivity contribution in [2.24, 2.45) is 0 Å². The summed E-state index contributed by atoms with van der Waals surface area (Å²) >= 11 is 0. The molecule has 2 nitrogen and oxygen atoms in total. The predicted octanol–water partition coefficient (Wildman–Crippen LogP) is 7.81. The zero-order valence-corrected chi connectivity index (χ0v) is 19.1. The molecule has 0 aliphatic heterocycles. The van der Waals surface area contributed by atoms with E-state index in [0.717, 1.165) is 33.8 Å². The Morgan fingerprint density at radius 3 is 1.47 bits per heavy atom. The number of fused-ring (bicyclic) bond motifs is 1. The van der Waals surface area contributed by atoms with Crippen molar-refractivity contribution in [3.63, 3.8) is 0 Å². The van der Waals surface area contributed by atoms with Crippen LogP contribution in [-0.4, -0.2) is 14.2 Å². The van der Waals surface area contributed by atoms with Crippen molar-refractivity contribution < 1.29 is 9.47 Å². The second kappa shape index (κ2) is 9.57. The molecule has 0 heterocycles. The predicted molar refractivity (Wildman–Crippen MR) is 137 cm³/mol. The van der Waals surface area contributed by atoms with Crippen LogP contribution in [0.15, 0.2) is 72.8 Å². The summed E-state index contributed by atoms with van der Waals surface area (Å²) in [5, 5.41) is 2.46. The van der Waals surface area contributed by atoms with Crippen LogP contribution in [0.3, 0.4) is 0 Å². The van der Waals surface area contributed by atoms with Crippen molar-refractivity contribution in [2.75, 3.05) is 14.2 Å². The third-order valence-corrected chi connectivity index (χ3v) is 5.74. The number of aryl methyl sites for hydroxylation is 2. The molecule has 4 aromatic carbocycles. The average molecular weight is 421 g/mol. The number of hydrogen-bond acceptors (Lipinski definition) is 2. The van der Waals surface area contributed by atoms with Crippen LogP contribution in [-0.2, 0) is 0 Å². The highest BCUT2D eigenvalue weighted by Crippen LogP contribution is 2.28. The van der Waals surface area contributed by atoms with E-state index in [9.17, 15) is 0 Å².